The Morgan fingerprint density at radius 3 is 2.67 bits per heavy atom. The van der Waals surface area contributed by atoms with Crippen molar-refractivity contribution in [2.75, 3.05) is 18.4 Å². The number of nitrogens with zero attached hydrogens (tertiary/aromatic N) is 2. The number of hydrogen-bond acceptors (Lipinski definition) is 4. The van der Waals surface area contributed by atoms with Crippen molar-refractivity contribution in [3.8, 4) is 11.8 Å². The van der Waals surface area contributed by atoms with Crippen LogP contribution >= 0.6 is 0 Å². The number of hydrogen-bond donors (Lipinski definition) is 2. The maximum atomic E-state index is 12.2. The lowest BCUT2D eigenvalue weighted by Gasteiger charge is -2.17. The number of aliphatic carboxylic acids is 1. The highest BCUT2D eigenvalue weighted by Crippen LogP contribution is 2.28. The van der Waals surface area contributed by atoms with Gasteiger partial charge in [0.2, 0.25) is 0 Å². The summed E-state index contributed by atoms with van der Waals surface area (Å²) in [5.41, 5.74) is -0.292. The molecule has 2 amide bonds. The normalized spacial score (nSPS) is 17.2. The third-order valence-corrected chi connectivity index (χ3v) is 3.40. The lowest BCUT2D eigenvalue weighted by Crippen LogP contribution is -2.33. The molecule has 1 aromatic carbocycles. The van der Waals surface area contributed by atoms with E-state index in [1.807, 2.05) is 0 Å². The van der Waals surface area contributed by atoms with E-state index in [0.717, 1.165) is 18.2 Å². The molecule has 1 aliphatic rings. The van der Waals surface area contributed by atoms with Crippen LogP contribution in [-0.2, 0) is 4.79 Å². The molecule has 2 N–H and O–H groups in total. The fraction of sp³-hybridized carbons (Fsp3) is 0.357. The molecule has 1 fully saturated rings. The Morgan fingerprint density at radius 1 is 1.42 bits per heavy atom. The molecule has 7 nitrogen and oxygen atoms in total. The molecule has 1 saturated heterocycles. The number of rotatable bonds is 3. The van der Waals surface area contributed by atoms with E-state index in [4.69, 9.17) is 10.4 Å². The third kappa shape index (κ3) is 4.28. The van der Waals surface area contributed by atoms with Gasteiger partial charge in [0, 0.05) is 18.8 Å². The van der Waals surface area contributed by atoms with Gasteiger partial charge in [-0.05, 0) is 24.6 Å². The van der Waals surface area contributed by atoms with Gasteiger partial charge in [-0.3, -0.25) is 4.79 Å². The summed E-state index contributed by atoms with van der Waals surface area (Å²) in [6.07, 6.45) is -4.61. The van der Waals surface area contributed by atoms with Crippen molar-refractivity contribution in [1.29, 1.82) is 5.26 Å². The highest BCUT2D eigenvalue weighted by molar-refractivity contribution is 5.90. The number of halogens is 3. The summed E-state index contributed by atoms with van der Waals surface area (Å²) in [6, 6.07) is 4.09. The van der Waals surface area contributed by atoms with Gasteiger partial charge in [0.15, 0.2) is 0 Å². The van der Waals surface area contributed by atoms with Gasteiger partial charge in [-0.2, -0.15) is 5.26 Å². The van der Waals surface area contributed by atoms with E-state index in [2.05, 4.69) is 10.1 Å². The number of likely N-dealkylation sites (tertiary alicyclic amines) is 1. The smallest absolute Gasteiger partial charge is 0.481 e. The highest BCUT2D eigenvalue weighted by atomic mass is 19.4. The SMILES string of the molecule is N#Cc1cc(NC(=O)N2CCC(C(=O)O)C2)ccc1OC(F)(F)F. The second-order valence-corrected chi connectivity index (χ2v) is 5.07. The molecule has 1 aliphatic heterocycles. The van der Waals surface area contributed by atoms with Gasteiger partial charge < -0.3 is 20.1 Å². The molecule has 0 radical (unpaired) electrons. The Hall–Kier alpha value is -2.96. The van der Waals surface area contributed by atoms with E-state index in [-0.39, 0.29) is 18.8 Å². The molecule has 0 saturated carbocycles. The average Bonchev–Trinajstić information content (AvgIpc) is 2.97. The van der Waals surface area contributed by atoms with Crippen LogP contribution in [-0.4, -0.2) is 41.5 Å². The van der Waals surface area contributed by atoms with E-state index in [1.54, 1.807) is 6.07 Å². The van der Waals surface area contributed by atoms with Crippen LogP contribution in [0.5, 0.6) is 5.75 Å². The Bertz CT molecular complexity index is 699. The highest BCUT2D eigenvalue weighted by Gasteiger charge is 2.33. The lowest BCUT2D eigenvalue weighted by molar-refractivity contribution is -0.274. The van der Waals surface area contributed by atoms with Gasteiger partial charge in [-0.15, -0.1) is 13.2 Å². The van der Waals surface area contributed by atoms with Gasteiger partial charge in [0.1, 0.15) is 11.8 Å². The first-order valence-electron chi connectivity index (χ1n) is 6.78. The summed E-state index contributed by atoms with van der Waals surface area (Å²) in [4.78, 5) is 24.2. The summed E-state index contributed by atoms with van der Waals surface area (Å²) >= 11 is 0. The van der Waals surface area contributed by atoms with Crippen molar-refractivity contribution in [3.05, 3.63) is 23.8 Å². The Morgan fingerprint density at radius 2 is 2.12 bits per heavy atom. The zero-order valence-corrected chi connectivity index (χ0v) is 12.1. The van der Waals surface area contributed by atoms with E-state index >= 15 is 0 Å². The van der Waals surface area contributed by atoms with E-state index in [1.165, 1.54) is 4.90 Å². The first-order chi connectivity index (χ1) is 11.2. The Balaban J connectivity index is 2.07. The molecule has 10 heteroatoms. The van der Waals surface area contributed by atoms with Gasteiger partial charge in [-0.25, -0.2) is 4.79 Å². The molecular weight excluding hydrogens is 331 g/mol. The molecule has 128 valence electrons. The second-order valence-electron chi connectivity index (χ2n) is 5.07. The van der Waals surface area contributed by atoms with Crippen LogP contribution in [0, 0.1) is 17.2 Å². The number of amides is 2. The number of carboxylic acid groups (broad SMARTS) is 1. The summed E-state index contributed by atoms with van der Waals surface area (Å²) in [5, 5.41) is 20.2. The lowest BCUT2D eigenvalue weighted by atomic mass is 10.1. The predicted molar refractivity (Wildman–Crippen MR) is 74.2 cm³/mol. The van der Waals surface area contributed by atoms with Gasteiger partial charge in [0.25, 0.3) is 0 Å². The topological polar surface area (TPSA) is 103 Å². The minimum absolute atomic E-state index is 0.0432. The summed E-state index contributed by atoms with van der Waals surface area (Å²) in [5.74, 6) is -2.31. The van der Waals surface area contributed by atoms with E-state index in [0.29, 0.717) is 6.42 Å². The number of nitriles is 1. The van der Waals surface area contributed by atoms with Crippen molar-refractivity contribution >= 4 is 17.7 Å². The van der Waals surface area contributed by atoms with Crippen LogP contribution in [0.15, 0.2) is 18.2 Å². The standard InChI is InChI=1S/C14H12F3N3O4/c15-14(16,17)24-11-2-1-10(5-9(11)6-18)19-13(23)20-4-3-8(7-20)12(21)22/h1-2,5,8H,3-4,7H2,(H,19,23)(H,21,22). The van der Waals surface area contributed by atoms with E-state index < -0.39 is 35.6 Å². The maximum absolute atomic E-state index is 12.2. The number of nitrogens with one attached hydrogen (secondary N) is 1. The molecule has 1 heterocycles. The van der Waals surface area contributed by atoms with Crippen LogP contribution in [0.4, 0.5) is 23.7 Å². The van der Waals surface area contributed by atoms with Crippen LogP contribution in [0.3, 0.4) is 0 Å². The molecule has 0 spiro atoms. The van der Waals surface area contributed by atoms with Crippen LogP contribution in [0.2, 0.25) is 0 Å². The van der Waals surface area contributed by atoms with Crippen molar-refractivity contribution in [2.24, 2.45) is 5.92 Å². The average molecular weight is 343 g/mol. The van der Waals surface area contributed by atoms with Gasteiger partial charge in [-0.1, -0.05) is 0 Å². The monoisotopic (exact) mass is 343 g/mol. The number of carbonyl (C=O) groups is 2. The number of alkyl halides is 3. The van der Waals surface area contributed by atoms with Gasteiger partial charge in [0.05, 0.1) is 11.5 Å². The predicted octanol–water partition coefficient (Wildman–Crippen LogP) is 2.40. The zero-order chi connectivity index (χ0) is 17.9. The molecule has 0 aromatic heterocycles. The van der Waals surface area contributed by atoms with Gasteiger partial charge >= 0.3 is 18.4 Å². The molecule has 0 aliphatic carbocycles. The Kier molecular flexibility index (Phi) is 4.82. The largest absolute Gasteiger partial charge is 0.573 e. The van der Waals surface area contributed by atoms with Crippen LogP contribution in [0.1, 0.15) is 12.0 Å². The van der Waals surface area contributed by atoms with Crippen molar-refractivity contribution in [2.45, 2.75) is 12.8 Å². The molecule has 1 aromatic rings. The fourth-order valence-electron chi connectivity index (χ4n) is 2.26. The molecule has 2 rings (SSSR count). The summed E-state index contributed by atoms with van der Waals surface area (Å²) in [7, 11) is 0. The quantitative estimate of drug-likeness (QED) is 0.877. The molecule has 24 heavy (non-hydrogen) atoms. The molecule has 1 atom stereocenters. The van der Waals surface area contributed by atoms with E-state index in [9.17, 15) is 22.8 Å². The van der Waals surface area contributed by atoms with Crippen LogP contribution in [0.25, 0.3) is 0 Å². The molecule has 0 bridgehead atoms. The zero-order valence-electron chi connectivity index (χ0n) is 12.1. The first-order valence-corrected chi connectivity index (χ1v) is 6.78. The molecule has 1 unspecified atom stereocenters. The Labute approximate surface area is 134 Å². The minimum Gasteiger partial charge on any atom is -0.481 e. The minimum atomic E-state index is -4.93. The van der Waals surface area contributed by atoms with Crippen molar-refractivity contribution < 1.29 is 32.6 Å². The first kappa shape index (κ1) is 17.4. The molecular formula is C14H12F3N3O4. The number of anilines is 1. The number of carbonyl (C=O) groups excluding carboxylic acids is 1. The van der Waals surface area contributed by atoms with Crippen LogP contribution < -0.4 is 10.1 Å². The second kappa shape index (κ2) is 6.66. The number of urea groups is 1. The number of ether oxygens (including phenoxy) is 1. The summed E-state index contributed by atoms with van der Waals surface area (Å²) in [6.45, 7) is 0.296. The maximum Gasteiger partial charge on any atom is 0.573 e. The summed E-state index contributed by atoms with van der Waals surface area (Å²) < 4.78 is 40.4. The van der Waals surface area contributed by atoms with Crippen molar-refractivity contribution in [1.82, 2.24) is 4.90 Å². The number of carboxylic acids is 1. The van der Waals surface area contributed by atoms with Crippen molar-refractivity contribution in [3.63, 3.8) is 0 Å². The fourth-order valence-corrected chi connectivity index (χ4v) is 2.26. The number of benzene rings is 1. The third-order valence-electron chi connectivity index (χ3n) is 3.40.